The summed E-state index contributed by atoms with van der Waals surface area (Å²) in [5.41, 5.74) is 4.01. The van der Waals surface area contributed by atoms with E-state index in [0.717, 1.165) is 40.4 Å². The van der Waals surface area contributed by atoms with Crippen LogP contribution in [0.2, 0.25) is 0 Å². The van der Waals surface area contributed by atoms with E-state index in [-0.39, 0.29) is 24.8 Å². The van der Waals surface area contributed by atoms with Gasteiger partial charge in [0.2, 0.25) is 5.91 Å². The number of hydrogen-bond donors (Lipinski definition) is 1. The number of likely N-dealkylation sites (tertiary alicyclic amines) is 1. The van der Waals surface area contributed by atoms with Crippen molar-refractivity contribution in [2.45, 2.75) is 33.1 Å². The zero-order valence-corrected chi connectivity index (χ0v) is 17.4. The van der Waals surface area contributed by atoms with Gasteiger partial charge in [0.15, 0.2) is 6.61 Å². The number of amides is 2. The number of carbonyl (C=O) groups excluding carboxylic acids is 2. The molecule has 2 rings (SSSR count). The molecule has 1 aliphatic heterocycles. The average Bonchev–Trinajstić information content (AvgIpc) is 3.09. The molecule has 6 nitrogen and oxygen atoms in total. The minimum Gasteiger partial charge on any atom is -0.483 e. The van der Waals surface area contributed by atoms with Gasteiger partial charge in [-0.3, -0.25) is 9.59 Å². The SMILES string of the molecule is C/C(CC(=O)N1CCCC1)=N\NC(=O)COc1cc(C)c(Br)cc1Br. The Bertz CT molecular complexity index is 686. The number of nitrogens with zero attached hydrogens (tertiary/aromatic N) is 2. The molecule has 1 heterocycles. The predicted molar refractivity (Wildman–Crippen MR) is 104 cm³/mol. The molecule has 1 saturated heterocycles. The summed E-state index contributed by atoms with van der Waals surface area (Å²) >= 11 is 6.83. The van der Waals surface area contributed by atoms with Crippen molar-refractivity contribution in [3.63, 3.8) is 0 Å². The van der Waals surface area contributed by atoms with Gasteiger partial charge in [-0.25, -0.2) is 5.43 Å². The van der Waals surface area contributed by atoms with Gasteiger partial charge in [0.05, 0.1) is 10.9 Å². The number of aryl methyl sites for hydroxylation is 1. The van der Waals surface area contributed by atoms with E-state index in [4.69, 9.17) is 4.74 Å². The second-order valence-corrected chi connectivity index (χ2v) is 7.68. The van der Waals surface area contributed by atoms with Crippen LogP contribution in [-0.4, -0.2) is 42.1 Å². The van der Waals surface area contributed by atoms with Gasteiger partial charge in [-0.1, -0.05) is 15.9 Å². The third kappa shape index (κ3) is 6.11. The number of hydrazone groups is 1. The normalized spacial score (nSPS) is 14.6. The molecule has 0 aliphatic carbocycles. The quantitative estimate of drug-likeness (QED) is 0.507. The highest BCUT2D eigenvalue weighted by Gasteiger charge is 2.18. The van der Waals surface area contributed by atoms with Gasteiger partial charge >= 0.3 is 0 Å². The van der Waals surface area contributed by atoms with Crippen molar-refractivity contribution in [2.75, 3.05) is 19.7 Å². The number of hydrogen-bond acceptors (Lipinski definition) is 4. The first-order chi connectivity index (χ1) is 11.9. The van der Waals surface area contributed by atoms with Crippen LogP contribution in [0.4, 0.5) is 0 Å². The summed E-state index contributed by atoms with van der Waals surface area (Å²) in [5, 5.41) is 3.97. The smallest absolute Gasteiger partial charge is 0.277 e. The second-order valence-electron chi connectivity index (χ2n) is 5.97. The fourth-order valence-corrected chi connectivity index (χ4v) is 3.52. The van der Waals surface area contributed by atoms with Gasteiger partial charge in [-0.05, 0) is 60.3 Å². The minimum absolute atomic E-state index is 0.0542. The van der Waals surface area contributed by atoms with Crippen LogP contribution in [-0.2, 0) is 9.59 Å². The first-order valence-corrected chi connectivity index (χ1v) is 9.63. The van der Waals surface area contributed by atoms with E-state index in [1.807, 2.05) is 24.0 Å². The van der Waals surface area contributed by atoms with Crippen molar-refractivity contribution < 1.29 is 14.3 Å². The van der Waals surface area contributed by atoms with E-state index in [2.05, 4.69) is 42.4 Å². The molecule has 0 unspecified atom stereocenters. The summed E-state index contributed by atoms with van der Waals surface area (Å²) in [5.74, 6) is 0.264. The highest BCUT2D eigenvalue weighted by Crippen LogP contribution is 2.31. The van der Waals surface area contributed by atoms with E-state index in [0.29, 0.717) is 11.5 Å². The average molecular weight is 475 g/mol. The van der Waals surface area contributed by atoms with Crippen LogP contribution in [0.1, 0.15) is 31.7 Å². The molecule has 2 amide bonds. The molecule has 1 aromatic carbocycles. The Morgan fingerprint density at radius 1 is 1.24 bits per heavy atom. The minimum atomic E-state index is -0.375. The van der Waals surface area contributed by atoms with Crippen molar-refractivity contribution >= 4 is 49.4 Å². The number of rotatable bonds is 6. The Morgan fingerprint density at radius 2 is 1.92 bits per heavy atom. The molecule has 0 atom stereocenters. The molecule has 25 heavy (non-hydrogen) atoms. The number of halogens is 2. The van der Waals surface area contributed by atoms with Crippen LogP contribution < -0.4 is 10.2 Å². The van der Waals surface area contributed by atoms with E-state index in [9.17, 15) is 9.59 Å². The Hall–Kier alpha value is -1.41. The van der Waals surface area contributed by atoms with Crippen LogP contribution in [0.15, 0.2) is 26.2 Å². The Balaban J connectivity index is 1.79. The van der Waals surface area contributed by atoms with Crippen molar-refractivity contribution in [3.05, 3.63) is 26.6 Å². The van der Waals surface area contributed by atoms with Crippen molar-refractivity contribution in [1.82, 2.24) is 10.3 Å². The van der Waals surface area contributed by atoms with Crippen LogP contribution in [0.5, 0.6) is 5.75 Å². The van der Waals surface area contributed by atoms with Crippen LogP contribution >= 0.6 is 31.9 Å². The lowest BCUT2D eigenvalue weighted by Crippen LogP contribution is -2.30. The lowest BCUT2D eigenvalue weighted by molar-refractivity contribution is -0.129. The van der Waals surface area contributed by atoms with E-state index < -0.39 is 0 Å². The standard InChI is InChI=1S/C17H21Br2N3O3/c1-11-7-15(14(19)9-13(11)18)25-10-16(23)21-20-12(2)8-17(24)22-5-3-4-6-22/h7,9H,3-6,8,10H2,1-2H3,(H,21,23)/b20-12+. The van der Waals surface area contributed by atoms with E-state index in [1.54, 1.807) is 6.92 Å². The fourth-order valence-electron chi connectivity index (χ4n) is 2.41. The zero-order valence-electron chi connectivity index (χ0n) is 14.3. The lowest BCUT2D eigenvalue weighted by Gasteiger charge is -2.14. The maximum absolute atomic E-state index is 12.0. The van der Waals surface area contributed by atoms with Gasteiger partial charge in [0, 0.05) is 23.3 Å². The second kappa shape index (κ2) is 9.33. The molecule has 136 valence electrons. The van der Waals surface area contributed by atoms with Crippen molar-refractivity contribution in [2.24, 2.45) is 5.10 Å². The van der Waals surface area contributed by atoms with Crippen LogP contribution in [0, 0.1) is 6.92 Å². The van der Waals surface area contributed by atoms with E-state index in [1.165, 1.54) is 0 Å². The van der Waals surface area contributed by atoms with Gasteiger partial charge < -0.3 is 9.64 Å². The van der Waals surface area contributed by atoms with Crippen molar-refractivity contribution in [1.29, 1.82) is 0 Å². The van der Waals surface area contributed by atoms with Crippen LogP contribution in [0.3, 0.4) is 0 Å². The van der Waals surface area contributed by atoms with E-state index >= 15 is 0 Å². The molecule has 1 N–H and O–H groups in total. The summed E-state index contributed by atoms with van der Waals surface area (Å²) in [4.78, 5) is 25.7. The number of carbonyl (C=O) groups is 2. The molecule has 8 heteroatoms. The lowest BCUT2D eigenvalue weighted by atomic mass is 10.2. The summed E-state index contributed by atoms with van der Waals surface area (Å²) < 4.78 is 7.22. The molecule has 0 bridgehead atoms. The zero-order chi connectivity index (χ0) is 18.4. The topological polar surface area (TPSA) is 71.0 Å². The maximum Gasteiger partial charge on any atom is 0.277 e. The van der Waals surface area contributed by atoms with Gasteiger partial charge in [0.1, 0.15) is 5.75 Å². The molecule has 1 fully saturated rings. The number of ether oxygens (including phenoxy) is 1. The molecule has 0 saturated carbocycles. The molecule has 0 aromatic heterocycles. The molecule has 0 radical (unpaired) electrons. The summed E-state index contributed by atoms with van der Waals surface area (Å²) in [6.07, 6.45) is 2.33. The highest BCUT2D eigenvalue weighted by molar-refractivity contribution is 9.11. The molecule has 1 aromatic rings. The predicted octanol–water partition coefficient (Wildman–Crippen LogP) is 3.40. The Labute approximate surface area is 164 Å². The molecule has 0 spiro atoms. The summed E-state index contributed by atoms with van der Waals surface area (Å²) in [6.45, 7) is 5.14. The van der Waals surface area contributed by atoms with Gasteiger partial charge in [-0.2, -0.15) is 5.10 Å². The maximum atomic E-state index is 12.0. The molecule has 1 aliphatic rings. The summed E-state index contributed by atoms with van der Waals surface area (Å²) in [7, 11) is 0. The summed E-state index contributed by atoms with van der Waals surface area (Å²) in [6, 6.07) is 3.71. The van der Waals surface area contributed by atoms with Crippen molar-refractivity contribution in [3.8, 4) is 5.75 Å². The molecular formula is C17H21Br2N3O3. The first-order valence-electron chi connectivity index (χ1n) is 8.05. The monoisotopic (exact) mass is 473 g/mol. The largest absolute Gasteiger partial charge is 0.483 e. The first kappa shape index (κ1) is 19.9. The number of benzene rings is 1. The number of nitrogens with one attached hydrogen (secondary N) is 1. The van der Waals surface area contributed by atoms with Crippen LogP contribution in [0.25, 0.3) is 0 Å². The highest BCUT2D eigenvalue weighted by atomic mass is 79.9. The molecular weight excluding hydrogens is 454 g/mol. The third-order valence-corrected chi connectivity index (χ3v) is 5.28. The third-order valence-electron chi connectivity index (χ3n) is 3.81. The van der Waals surface area contributed by atoms with Gasteiger partial charge in [-0.15, -0.1) is 0 Å². The fraction of sp³-hybridized carbons (Fsp3) is 0.471. The Morgan fingerprint density at radius 3 is 2.60 bits per heavy atom. The van der Waals surface area contributed by atoms with Gasteiger partial charge in [0.25, 0.3) is 5.91 Å². The Kier molecular flexibility index (Phi) is 7.43.